The second kappa shape index (κ2) is 3.32. The first-order chi connectivity index (χ1) is 4.77. The summed E-state index contributed by atoms with van der Waals surface area (Å²) < 4.78 is 10.8. The zero-order valence-corrected chi connectivity index (χ0v) is 6.43. The van der Waals surface area contributed by atoms with Crippen molar-refractivity contribution in [3.63, 3.8) is 0 Å². The van der Waals surface area contributed by atoms with E-state index in [0.717, 1.165) is 26.1 Å². The fraction of sp³-hybridized carbons (Fsp3) is 1.00. The van der Waals surface area contributed by atoms with Crippen LogP contribution in [0.5, 0.6) is 0 Å². The van der Waals surface area contributed by atoms with Crippen molar-refractivity contribution in [1.82, 2.24) is 0 Å². The summed E-state index contributed by atoms with van der Waals surface area (Å²) >= 11 is 0. The number of nitrogens with two attached hydrogens (primary N) is 1. The molecule has 0 spiro atoms. The molecule has 1 aliphatic heterocycles. The fourth-order valence-corrected chi connectivity index (χ4v) is 1.08. The molecule has 0 unspecified atom stereocenters. The summed E-state index contributed by atoms with van der Waals surface area (Å²) in [6.07, 6.45) is 1.78. The summed E-state index contributed by atoms with van der Waals surface area (Å²) in [6, 6.07) is 0. The standard InChI is InChI=1S/C7H15NO2/c1-7(3-4-8)9-5-2-6-10-7/h2-6,8H2,1H3. The second-order valence-corrected chi connectivity index (χ2v) is 2.72. The minimum absolute atomic E-state index is 0.396. The molecule has 3 heteroatoms. The predicted octanol–water partition coefficient (Wildman–Crippen LogP) is 0.488. The molecule has 10 heavy (non-hydrogen) atoms. The molecule has 0 aromatic rings. The summed E-state index contributed by atoms with van der Waals surface area (Å²) in [4.78, 5) is 0. The molecular formula is C7H15NO2. The summed E-state index contributed by atoms with van der Waals surface area (Å²) in [5.41, 5.74) is 5.38. The van der Waals surface area contributed by atoms with E-state index >= 15 is 0 Å². The average Bonchev–Trinajstić information content (AvgIpc) is 1.89. The lowest BCUT2D eigenvalue weighted by atomic mass is 10.2. The lowest BCUT2D eigenvalue weighted by Gasteiger charge is -2.33. The Labute approximate surface area is 61.5 Å². The summed E-state index contributed by atoms with van der Waals surface area (Å²) in [6.45, 7) is 4.17. The first kappa shape index (κ1) is 7.98. The van der Waals surface area contributed by atoms with Crippen molar-refractivity contribution < 1.29 is 9.47 Å². The van der Waals surface area contributed by atoms with Gasteiger partial charge in [-0.15, -0.1) is 0 Å². The SMILES string of the molecule is CC1(CCN)OCCCO1. The fourth-order valence-electron chi connectivity index (χ4n) is 1.08. The van der Waals surface area contributed by atoms with Crippen LogP contribution in [0, 0.1) is 0 Å². The van der Waals surface area contributed by atoms with Gasteiger partial charge in [-0.05, 0) is 19.9 Å². The topological polar surface area (TPSA) is 44.5 Å². The Morgan fingerprint density at radius 3 is 2.50 bits per heavy atom. The highest BCUT2D eigenvalue weighted by Crippen LogP contribution is 2.20. The van der Waals surface area contributed by atoms with Gasteiger partial charge >= 0.3 is 0 Å². The van der Waals surface area contributed by atoms with E-state index in [1.807, 2.05) is 6.92 Å². The van der Waals surface area contributed by atoms with Crippen LogP contribution in [0.3, 0.4) is 0 Å². The third-order valence-corrected chi connectivity index (χ3v) is 1.70. The molecule has 1 aliphatic rings. The zero-order valence-electron chi connectivity index (χ0n) is 6.43. The molecule has 0 saturated carbocycles. The molecule has 60 valence electrons. The molecule has 1 rings (SSSR count). The van der Waals surface area contributed by atoms with Gasteiger partial charge in [0.1, 0.15) is 0 Å². The molecular weight excluding hydrogens is 130 g/mol. The Balaban J connectivity index is 2.32. The highest BCUT2D eigenvalue weighted by Gasteiger charge is 2.27. The Bertz CT molecular complexity index is 94.3. The molecule has 0 radical (unpaired) electrons. The van der Waals surface area contributed by atoms with Crippen molar-refractivity contribution >= 4 is 0 Å². The van der Waals surface area contributed by atoms with E-state index in [1.165, 1.54) is 0 Å². The van der Waals surface area contributed by atoms with Gasteiger partial charge < -0.3 is 15.2 Å². The first-order valence-corrected chi connectivity index (χ1v) is 3.75. The van der Waals surface area contributed by atoms with Crippen molar-refractivity contribution in [3.8, 4) is 0 Å². The van der Waals surface area contributed by atoms with Crippen LogP contribution in [-0.2, 0) is 9.47 Å². The summed E-state index contributed by atoms with van der Waals surface area (Å²) in [7, 11) is 0. The van der Waals surface area contributed by atoms with Crippen LogP contribution < -0.4 is 5.73 Å². The third-order valence-electron chi connectivity index (χ3n) is 1.70. The molecule has 1 heterocycles. The van der Waals surface area contributed by atoms with Gasteiger partial charge in [-0.3, -0.25) is 0 Å². The monoisotopic (exact) mass is 145 g/mol. The first-order valence-electron chi connectivity index (χ1n) is 3.75. The van der Waals surface area contributed by atoms with Crippen molar-refractivity contribution in [2.45, 2.75) is 25.6 Å². The maximum Gasteiger partial charge on any atom is 0.166 e. The molecule has 0 amide bonds. The molecule has 0 aromatic carbocycles. The van der Waals surface area contributed by atoms with Crippen molar-refractivity contribution in [2.75, 3.05) is 19.8 Å². The normalized spacial score (nSPS) is 24.6. The summed E-state index contributed by atoms with van der Waals surface area (Å²) in [5, 5.41) is 0. The van der Waals surface area contributed by atoms with Gasteiger partial charge in [0.15, 0.2) is 5.79 Å². The average molecular weight is 145 g/mol. The van der Waals surface area contributed by atoms with E-state index in [1.54, 1.807) is 0 Å². The van der Waals surface area contributed by atoms with Crippen LogP contribution in [0.1, 0.15) is 19.8 Å². The van der Waals surface area contributed by atoms with Crippen LogP contribution in [0.25, 0.3) is 0 Å². The van der Waals surface area contributed by atoms with Gasteiger partial charge in [-0.2, -0.15) is 0 Å². The molecule has 0 bridgehead atoms. The maximum atomic E-state index is 5.40. The second-order valence-electron chi connectivity index (χ2n) is 2.72. The number of hydrogen-bond donors (Lipinski definition) is 1. The Hall–Kier alpha value is -0.120. The maximum absolute atomic E-state index is 5.40. The summed E-state index contributed by atoms with van der Waals surface area (Å²) in [5.74, 6) is -0.396. The van der Waals surface area contributed by atoms with Crippen LogP contribution in [0.15, 0.2) is 0 Å². The molecule has 3 nitrogen and oxygen atoms in total. The van der Waals surface area contributed by atoms with Gasteiger partial charge in [0.25, 0.3) is 0 Å². The Morgan fingerprint density at radius 2 is 2.00 bits per heavy atom. The lowest BCUT2D eigenvalue weighted by molar-refractivity contribution is -0.257. The van der Waals surface area contributed by atoms with E-state index in [-0.39, 0.29) is 0 Å². The number of ether oxygens (including phenoxy) is 2. The van der Waals surface area contributed by atoms with Gasteiger partial charge in [-0.25, -0.2) is 0 Å². The molecule has 0 aliphatic carbocycles. The van der Waals surface area contributed by atoms with E-state index in [4.69, 9.17) is 15.2 Å². The highest BCUT2D eigenvalue weighted by molar-refractivity contribution is 4.66. The third kappa shape index (κ3) is 1.94. The smallest absolute Gasteiger partial charge is 0.166 e. The highest BCUT2D eigenvalue weighted by atomic mass is 16.7. The van der Waals surface area contributed by atoms with Gasteiger partial charge in [0, 0.05) is 6.42 Å². The quantitative estimate of drug-likeness (QED) is 0.615. The van der Waals surface area contributed by atoms with E-state index < -0.39 is 5.79 Å². The van der Waals surface area contributed by atoms with E-state index in [9.17, 15) is 0 Å². The van der Waals surface area contributed by atoms with Crippen LogP contribution in [0.4, 0.5) is 0 Å². The predicted molar refractivity (Wildman–Crippen MR) is 38.6 cm³/mol. The van der Waals surface area contributed by atoms with Crippen LogP contribution in [0.2, 0.25) is 0 Å². The Morgan fingerprint density at radius 1 is 1.40 bits per heavy atom. The number of rotatable bonds is 2. The van der Waals surface area contributed by atoms with Crippen molar-refractivity contribution in [2.24, 2.45) is 5.73 Å². The lowest BCUT2D eigenvalue weighted by Crippen LogP contribution is -2.39. The number of hydrogen-bond acceptors (Lipinski definition) is 3. The molecule has 0 atom stereocenters. The van der Waals surface area contributed by atoms with Crippen molar-refractivity contribution in [1.29, 1.82) is 0 Å². The molecule has 2 N–H and O–H groups in total. The molecule has 1 fully saturated rings. The van der Waals surface area contributed by atoms with Gasteiger partial charge in [0.2, 0.25) is 0 Å². The van der Waals surface area contributed by atoms with Gasteiger partial charge in [0.05, 0.1) is 13.2 Å². The minimum atomic E-state index is -0.396. The molecule has 1 saturated heterocycles. The zero-order chi connectivity index (χ0) is 7.45. The Kier molecular flexibility index (Phi) is 2.65. The van der Waals surface area contributed by atoms with E-state index in [0.29, 0.717) is 6.54 Å². The van der Waals surface area contributed by atoms with Gasteiger partial charge in [-0.1, -0.05) is 0 Å². The molecule has 0 aromatic heterocycles. The van der Waals surface area contributed by atoms with Crippen molar-refractivity contribution in [3.05, 3.63) is 0 Å². The minimum Gasteiger partial charge on any atom is -0.350 e. The van der Waals surface area contributed by atoms with Crippen LogP contribution in [-0.4, -0.2) is 25.5 Å². The largest absolute Gasteiger partial charge is 0.350 e. The van der Waals surface area contributed by atoms with E-state index in [2.05, 4.69) is 0 Å². The van der Waals surface area contributed by atoms with Crippen LogP contribution >= 0.6 is 0 Å².